The van der Waals surface area contributed by atoms with Gasteiger partial charge in [-0.3, -0.25) is 4.79 Å². The van der Waals surface area contributed by atoms with E-state index in [1.165, 1.54) is 5.69 Å². The van der Waals surface area contributed by atoms with E-state index in [1.54, 1.807) is 11.3 Å². The maximum Gasteiger partial charge on any atom is 0.196 e. The molecule has 0 amide bonds. The largest absolute Gasteiger partial charge is 0.372 e. The summed E-state index contributed by atoms with van der Waals surface area (Å²) in [6, 6.07) is 25.8. The maximum atomic E-state index is 13.4. The van der Waals surface area contributed by atoms with Gasteiger partial charge in [-0.2, -0.15) is 0 Å². The summed E-state index contributed by atoms with van der Waals surface area (Å²) in [7, 11) is 0. The minimum absolute atomic E-state index is 0.0116. The minimum atomic E-state index is -0.0116. The zero-order valence-electron chi connectivity index (χ0n) is 17.2. The van der Waals surface area contributed by atoms with Crippen molar-refractivity contribution in [3.05, 3.63) is 95.0 Å². The van der Waals surface area contributed by atoms with Crippen LogP contribution in [-0.2, 0) is 0 Å². The number of hydrogen-bond donors (Lipinski definition) is 0. The van der Waals surface area contributed by atoms with Gasteiger partial charge in [0.1, 0.15) is 5.01 Å². The number of aromatic nitrogens is 1. The molecule has 0 unspecified atom stereocenters. The molecule has 0 aliphatic carbocycles. The molecule has 0 atom stereocenters. The van der Waals surface area contributed by atoms with Crippen molar-refractivity contribution < 1.29 is 4.79 Å². The number of thiazole rings is 1. The van der Waals surface area contributed by atoms with Crippen molar-refractivity contribution in [2.24, 2.45) is 0 Å². The van der Waals surface area contributed by atoms with Crippen molar-refractivity contribution in [1.82, 2.24) is 4.98 Å². The number of Topliss-reactive ketones (excluding diaryl/α,β-unsaturated/α-hetero) is 1. The molecular weight excluding hydrogens is 388 g/mol. The van der Waals surface area contributed by atoms with Crippen LogP contribution < -0.4 is 4.90 Å². The Morgan fingerprint density at radius 3 is 2.23 bits per heavy atom. The number of allylic oxidation sites excluding steroid dienone is 1. The third-order valence-corrected chi connectivity index (χ3v) is 6.21. The first kappa shape index (κ1) is 20.0. The first-order valence-electron chi connectivity index (χ1n) is 10.2. The number of hydrogen-bond acceptors (Lipinski definition) is 4. The van der Waals surface area contributed by atoms with Crippen LogP contribution in [0.1, 0.15) is 34.8 Å². The minimum Gasteiger partial charge on any atom is -0.372 e. The highest BCUT2D eigenvalue weighted by atomic mass is 32.1. The van der Waals surface area contributed by atoms with Crippen LogP contribution in [0.15, 0.2) is 78.9 Å². The normalized spacial score (nSPS) is 11.6. The lowest BCUT2D eigenvalue weighted by Gasteiger charge is -2.20. The molecule has 0 aliphatic rings. The second kappa shape index (κ2) is 9.06. The van der Waals surface area contributed by atoms with Gasteiger partial charge in [0.15, 0.2) is 5.78 Å². The Labute approximate surface area is 181 Å². The van der Waals surface area contributed by atoms with Crippen LogP contribution in [-0.4, -0.2) is 23.9 Å². The highest BCUT2D eigenvalue weighted by Crippen LogP contribution is 2.31. The Morgan fingerprint density at radius 1 is 0.900 bits per heavy atom. The molecule has 0 saturated carbocycles. The standard InChI is InChI=1S/C26H24N2OS/c1-3-28(4-2)21-16-14-19(15-17-21)18-22(25(29)20-10-6-5-7-11-20)26-27-23-12-8-9-13-24(23)30-26/h5-18H,3-4H2,1-2H3/b22-18-. The number of ketones is 1. The Bertz CT molecular complexity index is 1140. The second-order valence-corrected chi connectivity index (χ2v) is 8.03. The molecule has 1 aromatic heterocycles. The number of fused-ring (bicyclic) bond motifs is 1. The number of carbonyl (C=O) groups excluding carboxylic acids is 1. The molecule has 30 heavy (non-hydrogen) atoms. The quantitative estimate of drug-likeness (QED) is 0.254. The van der Waals surface area contributed by atoms with Crippen LogP contribution in [0.25, 0.3) is 21.9 Å². The maximum absolute atomic E-state index is 13.4. The SMILES string of the molecule is CCN(CC)c1ccc(/C=C(/C(=O)c2ccccc2)c2nc3ccccc3s2)cc1. The van der Waals surface area contributed by atoms with Gasteiger partial charge in [0, 0.05) is 24.3 Å². The Hall–Kier alpha value is -3.24. The fraction of sp³-hybridized carbons (Fsp3) is 0.154. The van der Waals surface area contributed by atoms with Crippen LogP contribution in [0.4, 0.5) is 5.69 Å². The number of para-hydroxylation sites is 1. The van der Waals surface area contributed by atoms with E-state index in [2.05, 4.69) is 43.0 Å². The lowest BCUT2D eigenvalue weighted by Crippen LogP contribution is -2.21. The molecule has 0 radical (unpaired) electrons. The first-order chi connectivity index (χ1) is 14.7. The van der Waals surface area contributed by atoms with Gasteiger partial charge < -0.3 is 4.90 Å². The van der Waals surface area contributed by atoms with Crippen LogP contribution >= 0.6 is 11.3 Å². The Morgan fingerprint density at radius 2 is 1.57 bits per heavy atom. The van der Waals surface area contributed by atoms with Gasteiger partial charge in [0.25, 0.3) is 0 Å². The van der Waals surface area contributed by atoms with E-state index in [0.717, 1.165) is 33.9 Å². The predicted octanol–water partition coefficient (Wildman–Crippen LogP) is 6.57. The summed E-state index contributed by atoms with van der Waals surface area (Å²) in [6.45, 7) is 6.24. The summed E-state index contributed by atoms with van der Waals surface area (Å²) in [5.41, 5.74) is 4.39. The predicted molar refractivity (Wildman–Crippen MR) is 128 cm³/mol. The highest BCUT2D eigenvalue weighted by Gasteiger charge is 2.18. The molecule has 4 heteroatoms. The molecule has 4 aromatic rings. The van der Waals surface area contributed by atoms with Gasteiger partial charge in [0.2, 0.25) is 0 Å². The number of anilines is 1. The van der Waals surface area contributed by atoms with E-state index >= 15 is 0 Å². The van der Waals surface area contributed by atoms with Gasteiger partial charge in [-0.1, -0.05) is 54.6 Å². The zero-order chi connectivity index (χ0) is 20.9. The number of carbonyl (C=O) groups is 1. The van der Waals surface area contributed by atoms with Crippen molar-refractivity contribution >= 4 is 44.7 Å². The smallest absolute Gasteiger partial charge is 0.196 e. The molecule has 0 fully saturated rings. The number of rotatable bonds is 7. The summed E-state index contributed by atoms with van der Waals surface area (Å²) in [5.74, 6) is -0.0116. The van der Waals surface area contributed by atoms with E-state index in [1.807, 2.05) is 60.7 Å². The van der Waals surface area contributed by atoms with Crippen LogP contribution in [0, 0.1) is 0 Å². The Kier molecular flexibility index (Phi) is 6.05. The lowest BCUT2D eigenvalue weighted by molar-refractivity contribution is 0.105. The fourth-order valence-corrected chi connectivity index (χ4v) is 4.47. The third-order valence-electron chi connectivity index (χ3n) is 5.14. The molecule has 3 nitrogen and oxygen atoms in total. The van der Waals surface area contributed by atoms with E-state index in [-0.39, 0.29) is 5.78 Å². The molecule has 0 aliphatic heterocycles. The van der Waals surface area contributed by atoms with Gasteiger partial charge in [0.05, 0.1) is 15.8 Å². The van der Waals surface area contributed by atoms with Crippen molar-refractivity contribution in [3.63, 3.8) is 0 Å². The highest BCUT2D eigenvalue weighted by molar-refractivity contribution is 7.20. The summed E-state index contributed by atoms with van der Waals surface area (Å²) >= 11 is 1.55. The topological polar surface area (TPSA) is 33.2 Å². The van der Waals surface area contributed by atoms with Crippen molar-refractivity contribution in [2.75, 3.05) is 18.0 Å². The Balaban J connectivity index is 1.77. The van der Waals surface area contributed by atoms with Crippen LogP contribution in [0.3, 0.4) is 0 Å². The van der Waals surface area contributed by atoms with Crippen LogP contribution in [0.5, 0.6) is 0 Å². The lowest BCUT2D eigenvalue weighted by atomic mass is 10.0. The molecule has 150 valence electrons. The van der Waals surface area contributed by atoms with Crippen molar-refractivity contribution in [3.8, 4) is 0 Å². The van der Waals surface area contributed by atoms with Gasteiger partial charge >= 0.3 is 0 Å². The molecule has 0 spiro atoms. The zero-order valence-corrected chi connectivity index (χ0v) is 18.0. The monoisotopic (exact) mass is 412 g/mol. The molecule has 0 N–H and O–H groups in total. The summed E-state index contributed by atoms with van der Waals surface area (Å²) < 4.78 is 1.08. The number of benzene rings is 3. The molecule has 4 rings (SSSR count). The van der Waals surface area contributed by atoms with Gasteiger partial charge in [-0.05, 0) is 49.8 Å². The van der Waals surface area contributed by atoms with E-state index in [0.29, 0.717) is 11.1 Å². The molecule has 1 heterocycles. The summed E-state index contributed by atoms with van der Waals surface area (Å²) in [4.78, 5) is 20.4. The second-order valence-electron chi connectivity index (χ2n) is 7.00. The number of nitrogens with zero attached hydrogens (tertiary/aromatic N) is 2. The molecule has 3 aromatic carbocycles. The summed E-state index contributed by atoms with van der Waals surface area (Å²) in [6.07, 6.45) is 1.96. The molecule has 0 saturated heterocycles. The van der Waals surface area contributed by atoms with E-state index < -0.39 is 0 Å². The summed E-state index contributed by atoms with van der Waals surface area (Å²) in [5, 5.41) is 0.748. The van der Waals surface area contributed by atoms with E-state index in [9.17, 15) is 4.79 Å². The molecule has 0 bridgehead atoms. The van der Waals surface area contributed by atoms with Crippen LogP contribution in [0.2, 0.25) is 0 Å². The van der Waals surface area contributed by atoms with Gasteiger partial charge in [-0.25, -0.2) is 4.98 Å². The fourth-order valence-electron chi connectivity index (χ4n) is 3.49. The first-order valence-corrected chi connectivity index (χ1v) is 11.0. The average molecular weight is 413 g/mol. The van der Waals surface area contributed by atoms with E-state index in [4.69, 9.17) is 4.98 Å². The van der Waals surface area contributed by atoms with Crippen molar-refractivity contribution in [1.29, 1.82) is 0 Å². The average Bonchev–Trinajstić information content (AvgIpc) is 3.23. The van der Waals surface area contributed by atoms with Crippen molar-refractivity contribution in [2.45, 2.75) is 13.8 Å². The third kappa shape index (κ3) is 4.19. The van der Waals surface area contributed by atoms with Gasteiger partial charge in [-0.15, -0.1) is 11.3 Å². The molecular formula is C26H24N2OS.